The van der Waals surface area contributed by atoms with E-state index in [9.17, 15) is 18.9 Å². The number of hydrogen-bond acceptors (Lipinski definition) is 8. The van der Waals surface area contributed by atoms with Crippen molar-refractivity contribution in [3.05, 3.63) is 0 Å². The number of aliphatic hydroxyl groups is 1. The van der Waals surface area contributed by atoms with Gasteiger partial charge < -0.3 is 19.6 Å². The zero-order valence-electron chi connectivity index (χ0n) is 18.0. The standard InChI is InChI=1S/C18H38O10P2/c1-16(2)27-30(22,23)26-15-18-17(11-14-24-18)28-29(20,21)25-13-10-8-6-4-3-5-7-9-12-19/h16-19H,3-15H2,1-2H3,(H,20,21)(H,22,23)/t17-,18+/m0/s1. The van der Waals surface area contributed by atoms with Crippen LogP contribution >= 0.6 is 15.6 Å². The second-order valence-electron chi connectivity index (χ2n) is 7.61. The van der Waals surface area contributed by atoms with Gasteiger partial charge in [-0.25, -0.2) is 9.13 Å². The van der Waals surface area contributed by atoms with Crippen LogP contribution in [0.2, 0.25) is 0 Å². The third kappa shape index (κ3) is 13.5. The van der Waals surface area contributed by atoms with Crippen LogP contribution < -0.4 is 0 Å². The third-order valence-electron chi connectivity index (χ3n) is 4.47. The highest BCUT2D eigenvalue weighted by Gasteiger charge is 2.38. The summed E-state index contributed by atoms with van der Waals surface area (Å²) in [5.41, 5.74) is 0. The van der Waals surface area contributed by atoms with E-state index in [0.717, 1.165) is 44.9 Å². The molecule has 0 aromatic rings. The largest absolute Gasteiger partial charge is 0.472 e. The van der Waals surface area contributed by atoms with Crippen molar-refractivity contribution in [1.29, 1.82) is 0 Å². The van der Waals surface area contributed by atoms with Crippen LogP contribution in [0.5, 0.6) is 0 Å². The minimum absolute atomic E-state index is 0.112. The summed E-state index contributed by atoms with van der Waals surface area (Å²) in [6.07, 6.45) is 6.10. The van der Waals surface area contributed by atoms with Crippen molar-refractivity contribution < 1.29 is 46.9 Å². The summed E-state index contributed by atoms with van der Waals surface area (Å²) in [4.78, 5) is 19.5. The SMILES string of the molecule is CC(C)OP(=O)(O)OC[C@H]1OCC[C@@H]1OP(=O)(O)OCCCCCCCCCCO. The first-order valence-electron chi connectivity index (χ1n) is 10.7. The maximum absolute atomic E-state index is 12.2. The molecule has 0 radical (unpaired) electrons. The summed E-state index contributed by atoms with van der Waals surface area (Å²) in [5.74, 6) is 0. The Morgan fingerprint density at radius 2 is 1.53 bits per heavy atom. The van der Waals surface area contributed by atoms with Gasteiger partial charge in [-0.2, -0.15) is 0 Å². The molecule has 12 heteroatoms. The van der Waals surface area contributed by atoms with E-state index in [1.165, 1.54) is 0 Å². The van der Waals surface area contributed by atoms with Crippen molar-refractivity contribution in [2.75, 3.05) is 26.4 Å². The van der Waals surface area contributed by atoms with Crippen LogP contribution in [-0.4, -0.2) is 59.6 Å². The Morgan fingerprint density at radius 3 is 2.13 bits per heavy atom. The van der Waals surface area contributed by atoms with Gasteiger partial charge in [0.2, 0.25) is 0 Å². The minimum atomic E-state index is -4.26. The fourth-order valence-electron chi connectivity index (χ4n) is 3.03. The zero-order chi connectivity index (χ0) is 22.5. The maximum Gasteiger partial charge on any atom is 0.472 e. The van der Waals surface area contributed by atoms with Crippen molar-refractivity contribution in [1.82, 2.24) is 0 Å². The smallest absolute Gasteiger partial charge is 0.396 e. The average Bonchev–Trinajstić information content (AvgIpc) is 3.07. The lowest BCUT2D eigenvalue weighted by Gasteiger charge is -2.22. The van der Waals surface area contributed by atoms with Crippen LogP contribution in [0, 0.1) is 0 Å². The van der Waals surface area contributed by atoms with Crippen molar-refractivity contribution >= 4 is 15.6 Å². The number of unbranched alkanes of at least 4 members (excludes halogenated alkanes) is 7. The molecule has 30 heavy (non-hydrogen) atoms. The Hall–Kier alpha value is 0.140. The Labute approximate surface area is 179 Å². The molecular formula is C18H38O10P2. The summed E-state index contributed by atoms with van der Waals surface area (Å²) in [7, 11) is -8.49. The number of ether oxygens (including phenoxy) is 1. The molecule has 1 fully saturated rings. The van der Waals surface area contributed by atoms with E-state index in [1.807, 2.05) is 0 Å². The van der Waals surface area contributed by atoms with E-state index in [1.54, 1.807) is 13.8 Å². The van der Waals surface area contributed by atoms with Gasteiger partial charge in [0.25, 0.3) is 0 Å². The van der Waals surface area contributed by atoms with Gasteiger partial charge >= 0.3 is 15.6 Å². The second-order valence-corrected chi connectivity index (χ2v) is 10.4. The molecular weight excluding hydrogens is 438 g/mol. The molecule has 0 aromatic heterocycles. The molecule has 0 spiro atoms. The van der Waals surface area contributed by atoms with Crippen LogP contribution in [0.15, 0.2) is 0 Å². The van der Waals surface area contributed by atoms with Gasteiger partial charge in [-0.1, -0.05) is 38.5 Å². The highest BCUT2D eigenvalue weighted by Crippen LogP contribution is 2.48. The first kappa shape index (κ1) is 28.2. The fraction of sp³-hybridized carbons (Fsp3) is 1.00. The minimum Gasteiger partial charge on any atom is -0.396 e. The molecule has 4 atom stereocenters. The predicted octanol–water partition coefficient (Wildman–Crippen LogP) is 3.93. The molecule has 1 heterocycles. The summed E-state index contributed by atoms with van der Waals surface area (Å²) in [6, 6.07) is 0. The Kier molecular flexibility index (Phi) is 14.1. The molecule has 0 bridgehead atoms. The van der Waals surface area contributed by atoms with Gasteiger partial charge in [-0.3, -0.25) is 18.1 Å². The third-order valence-corrected chi connectivity index (χ3v) is 6.68. The van der Waals surface area contributed by atoms with Crippen LogP contribution in [0.4, 0.5) is 0 Å². The number of phosphoric acid groups is 2. The molecule has 0 saturated carbocycles. The summed E-state index contributed by atoms with van der Waals surface area (Å²) in [6.45, 7) is 3.53. The van der Waals surface area contributed by atoms with E-state index in [0.29, 0.717) is 12.8 Å². The molecule has 1 saturated heterocycles. The second kappa shape index (κ2) is 15.1. The Balaban J connectivity index is 2.22. The van der Waals surface area contributed by atoms with Crippen molar-refractivity contribution in [3.8, 4) is 0 Å². The summed E-state index contributed by atoms with van der Waals surface area (Å²) >= 11 is 0. The van der Waals surface area contributed by atoms with Gasteiger partial charge in [-0.15, -0.1) is 0 Å². The van der Waals surface area contributed by atoms with E-state index in [2.05, 4.69) is 0 Å². The lowest BCUT2D eigenvalue weighted by atomic mass is 10.1. The van der Waals surface area contributed by atoms with Crippen molar-refractivity contribution in [2.24, 2.45) is 0 Å². The number of phosphoric ester groups is 2. The molecule has 0 amide bonds. The topological polar surface area (TPSA) is 141 Å². The quantitative estimate of drug-likeness (QED) is 0.197. The van der Waals surface area contributed by atoms with Gasteiger partial charge in [0, 0.05) is 19.6 Å². The zero-order valence-corrected chi connectivity index (χ0v) is 19.8. The molecule has 1 aliphatic heterocycles. The number of aliphatic hydroxyl groups excluding tert-OH is 1. The summed E-state index contributed by atoms with van der Waals surface area (Å²) < 4.78 is 49.2. The lowest BCUT2D eigenvalue weighted by Crippen LogP contribution is -2.28. The summed E-state index contributed by atoms with van der Waals surface area (Å²) in [5, 5.41) is 8.72. The Morgan fingerprint density at radius 1 is 0.933 bits per heavy atom. The highest BCUT2D eigenvalue weighted by molar-refractivity contribution is 7.47. The van der Waals surface area contributed by atoms with E-state index >= 15 is 0 Å². The number of hydrogen-bond donors (Lipinski definition) is 3. The lowest BCUT2D eigenvalue weighted by molar-refractivity contribution is -0.00521. The van der Waals surface area contributed by atoms with E-state index in [4.69, 9.17) is 27.9 Å². The normalized spacial score (nSPS) is 23.5. The monoisotopic (exact) mass is 476 g/mol. The van der Waals surface area contributed by atoms with E-state index in [-0.39, 0.29) is 26.4 Å². The molecule has 0 aromatic carbocycles. The molecule has 2 unspecified atom stereocenters. The maximum atomic E-state index is 12.2. The first-order valence-corrected chi connectivity index (χ1v) is 13.7. The van der Waals surface area contributed by atoms with Gasteiger partial charge in [0.1, 0.15) is 12.2 Å². The van der Waals surface area contributed by atoms with Crippen molar-refractivity contribution in [2.45, 2.75) is 89.9 Å². The number of rotatable bonds is 18. The van der Waals surface area contributed by atoms with Gasteiger partial charge in [0.05, 0.1) is 19.3 Å². The highest BCUT2D eigenvalue weighted by atomic mass is 31.2. The molecule has 3 N–H and O–H groups in total. The molecule has 10 nitrogen and oxygen atoms in total. The molecule has 0 aliphatic carbocycles. The fourth-order valence-corrected chi connectivity index (χ4v) is 4.96. The van der Waals surface area contributed by atoms with Crippen LogP contribution in [0.25, 0.3) is 0 Å². The Bertz CT molecular complexity index is 545. The van der Waals surface area contributed by atoms with Crippen molar-refractivity contribution in [3.63, 3.8) is 0 Å². The van der Waals surface area contributed by atoms with Gasteiger partial charge in [-0.05, 0) is 26.7 Å². The molecule has 180 valence electrons. The van der Waals surface area contributed by atoms with Crippen LogP contribution in [0.1, 0.15) is 71.6 Å². The first-order chi connectivity index (χ1) is 14.2. The van der Waals surface area contributed by atoms with Gasteiger partial charge in [0.15, 0.2) is 0 Å². The van der Waals surface area contributed by atoms with Crippen LogP contribution in [0.3, 0.4) is 0 Å². The van der Waals surface area contributed by atoms with Crippen LogP contribution in [-0.2, 0) is 32.0 Å². The average molecular weight is 476 g/mol. The molecule has 1 aliphatic rings. The van der Waals surface area contributed by atoms with E-state index < -0.39 is 34.0 Å². The molecule has 1 rings (SSSR count). The predicted molar refractivity (Wildman–Crippen MR) is 111 cm³/mol.